The summed E-state index contributed by atoms with van der Waals surface area (Å²) >= 11 is 0. The van der Waals surface area contributed by atoms with Gasteiger partial charge in [0.1, 0.15) is 12.5 Å². The zero-order valence-electron chi connectivity index (χ0n) is 6.39. The monoisotopic (exact) mass is 195 g/mol. The van der Waals surface area contributed by atoms with Gasteiger partial charge in [-0.15, -0.1) is 0 Å². The highest BCUT2D eigenvalue weighted by atomic mass is 79.9. The van der Waals surface area contributed by atoms with E-state index in [2.05, 4.69) is 21.1 Å². The van der Waals surface area contributed by atoms with Crippen LogP contribution in [0.1, 0.15) is 0 Å². The fourth-order valence-corrected chi connectivity index (χ4v) is 0.243. The maximum atomic E-state index is 4.72. The van der Waals surface area contributed by atoms with Crippen LogP contribution in [0, 0.1) is 0 Å². The lowest BCUT2D eigenvalue weighted by molar-refractivity contribution is -0.817. The predicted octanol–water partition coefficient (Wildman–Crippen LogP) is -2.19. The maximum Gasteiger partial charge on any atom is 0.135 e. The quantitative estimate of drug-likeness (QED) is 0.360. The minimum atomic E-state index is 0. The van der Waals surface area contributed by atoms with E-state index in [4.69, 9.17) is 4.74 Å². The summed E-state index contributed by atoms with van der Waals surface area (Å²) in [5, 5.41) is 0. The zero-order chi connectivity index (χ0) is 6.62. The Morgan fingerprint density at radius 1 is 1.22 bits per heavy atom. The van der Waals surface area contributed by atoms with Crippen LogP contribution in [0.3, 0.4) is 0 Å². The molecule has 0 rings (SSSR count). The summed E-state index contributed by atoms with van der Waals surface area (Å²) in [6, 6.07) is 0. The molecule has 0 aromatic rings. The van der Waals surface area contributed by atoms with Crippen molar-refractivity contribution >= 4 is 0 Å². The SMILES string of the molecule is CO/C=C\[N+](C)(C)C.[Br-]. The molecule has 9 heavy (non-hydrogen) atoms. The lowest BCUT2D eigenvalue weighted by Crippen LogP contribution is -3.00. The summed E-state index contributed by atoms with van der Waals surface area (Å²) in [5.74, 6) is 0. The second-order valence-electron chi connectivity index (χ2n) is 2.64. The molecule has 0 bridgehead atoms. The Kier molecular flexibility index (Phi) is 6.29. The third-order valence-electron chi connectivity index (χ3n) is 0.644. The van der Waals surface area contributed by atoms with E-state index >= 15 is 0 Å². The molecule has 2 nitrogen and oxygen atoms in total. The summed E-state index contributed by atoms with van der Waals surface area (Å²) < 4.78 is 5.52. The van der Waals surface area contributed by atoms with Crippen molar-refractivity contribution in [2.75, 3.05) is 28.3 Å². The van der Waals surface area contributed by atoms with E-state index in [1.54, 1.807) is 13.4 Å². The molecule has 3 heteroatoms. The number of hydrogen-bond acceptors (Lipinski definition) is 1. The van der Waals surface area contributed by atoms with Crippen molar-refractivity contribution in [3.05, 3.63) is 12.5 Å². The molecule has 0 aromatic carbocycles. The largest absolute Gasteiger partial charge is 1.00 e. The Labute approximate surface area is 67.5 Å². The van der Waals surface area contributed by atoms with Crippen molar-refractivity contribution in [1.82, 2.24) is 0 Å². The highest BCUT2D eigenvalue weighted by Crippen LogP contribution is 1.89. The van der Waals surface area contributed by atoms with Crippen LogP contribution >= 0.6 is 0 Å². The summed E-state index contributed by atoms with van der Waals surface area (Å²) in [6.45, 7) is 0. The van der Waals surface area contributed by atoms with Crippen molar-refractivity contribution in [3.8, 4) is 0 Å². The second kappa shape index (κ2) is 4.82. The summed E-state index contributed by atoms with van der Waals surface area (Å²) in [4.78, 5) is 0. The molecule has 0 atom stereocenters. The lowest BCUT2D eigenvalue weighted by atomic mass is 10.7. The van der Waals surface area contributed by atoms with Gasteiger partial charge in [-0.25, -0.2) is 0 Å². The average Bonchev–Trinajstić information content (AvgIpc) is 1.59. The Bertz CT molecular complexity index is 85.5. The van der Waals surface area contributed by atoms with Crippen LogP contribution in [0.25, 0.3) is 0 Å². The molecule has 0 aliphatic rings. The molecule has 56 valence electrons. The van der Waals surface area contributed by atoms with Crippen LogP contribution in [-0.2, 0) is 4.74 Å². The number of hydrogen-bond donors (Lipinski definition) is 0. The lowest BCUT2D eigenvalue weighted by Gasteiger charge is -2.16. The van der Waals surface area contributed by atoms with Crippen LogP contribution in [0.2, 0.25) is 0 Å². The van der Waals surface area contributed by atoms with Crippen LogP contribution in [0.4, 0.5) is 0 Å². The highest BCUT2D eigenvalue weighted by Gasteiger charge is 1.97. The zero-order valence-corrected chi connectivity index (χ0v) is 7.97. The van der Waals surface area contributed by atoms with Crippen LogP contribution in [-0.4, -0.2) is 32.7 Å². The molecule has 0 aromatic heterocycles. The molecule has 0 aliphatic heterocycles. The van der Waals surface area contributed by atoms with Gasteiger partial charge < -0.3 is 26.2 Å². The van der Waals surface area contributed by atoms with Gasteiger partial charge in [0.15, 0.2) is 0 Å². The smallest absolute Gasteiger partial charge is 0.135 e. The van der Waals surface area contributed by atoms with Crippen molar-refractivity contribution in [2.45, 2.75) is 0 Å². The first-order chi connectivity index (χ1) is 3.56. The van der Waals surface area contributed by atoms with Gasteiger partial charge in [0.05, 0.1) is 28.3 Å². The molecule has 0 fully saturated rings. The number of halogens is 1. The fraction of sp³-hybridized carbons (Fsp3) is 0.667. The third kappa shape index (κ3) is 11.5. The van der Waals surface area contributed by atoms with E-state index in [1.807, 2.05) is 6.20 Å². The van der Waals surface area contributed by atoms with Crippen molar-refractivity contribution in [2.24, 2.45) is 0 Å². The van der Waals surface area contributed by atoms with Gasteiger partial charge in [-0.1, -0.05) is 0 Å². The number of methoxy groups -OCH3 is 1. The predicted molar refractivity (Wildman–Crippen MR) is 34.2 cm³/mol. The number of quaternary nitrogens is 1. The van der Waals surface area contributed by atoms with Gasteiger partial charge in [0, 0.05) is 0 Å². The number of nitrogens with zero attached hydrogens (tertiary/aromatic N) is 1. The Balaban J connectivity index is 0. The van der Waals surface area contributed by atoms with E-state index in [9.17, 15) is 0 Å². The van der Waals surface area contributed by atoms with E-state index in [0.29, 0.717) is 0 Å². The normalized spacial score (nSPS) is 11.1. The van der Waals surface area contributed by atoms with Gasteiger partial charge in [0.25, 0.3) is 0 Å². The first-order valence-electron chi connectivity index (χ1n) is 2.58. The molecule has 0 unspecified atom stereocenters. The molecular formula is C6H14BrNO. The van der Waals surface area contributed by atoms with E-state index in [0.717, 1.165) is 4.48 Å². The standard InChI is InChI=1S/C6H14NO.BrH/c1-7(2,3)5-6-8-4;/h5-6H,1-4H3;1H/q+1;/p-1/b6-5-;. The third-order valence-corrected chi connectivity index (χ3v) is 0.644. The van der Waals surface area contributed by atoms with E-state index in [1.165, 1.54) is 0 Å². The van der Waals surface area contributed by atoms with Gasteiger partial charge >= 0.3 is 0 Å². The fourth-order valence-electron chi connectivity index (χ4n) is 0.243. The molecule has 0 spiro atoms. The first kappa shape index (κ1) is 11.7. The number of rotatable bonds is 2. The Hall–Kier alpha value is -0.0200. The maximum absolute atomic E-state index is 4.72. The molecule has 0 amide bonds. The summed E-state index contributed by atoms with van der Waals surface area (Å²) in [6.07, 6.45) is 3.64. The molecular weight excluding hydrogens is 182 g/mol. The minimum Gasteiger partial charge on any atom is -1.00 e. The van der Waals surface area contributed by atoms with Gasteiger partial charge in [-0.3, -0.25) is 0 Å². The first-order valence-corrected chi connectivity index (χ1v) is 2.58. The minimum absolute atomic E-state index is 0. The van der Waals surface area contributed by atoms with Gasteiger partial charge in [0.2, 0.25) is 0 Å². The van der Waals surface area contributed by atoms with E-state index in [-0.39, 0.29) is 17.0 Å². The molecule has 0 N–H and O–H groups in total. The topological polar surface area (TPSA) is 9.23 Å². The summed E-state index contributed by atoms with van der Waals surface area (Å²) in [7, 11) is 7.84. The molecule has 0 heterocycles. The Morgan fingerprint density at radius 3 is 1.78 bits per heavy atom. The van der Waals surface area contributed by atoms with Gasteiger partial charge in [-0.2, -0.15) is 0 Å². The molecule has 0 aliphatic carbocycles. The second-order valence-corrected chi connectivity index (χ2v) is 2.64. The average molecular weight is 196 g/mol. The molecule has 0 saturated heterocycles. The van der Waals surface area contributed by atoms with Crippen LogP contribution in [0.5, 0.6) is 0 Å². The van der Waals surface area contributed by atoms with Crippen molar-refractivity contribution in [1.29, 1.82) is 0 Å². The van der Waals surface area contributed by atoms with Crippen molar-refractivity contribution in [3.63, 3.8) is 0 Å². The summed E-state index contributed by atoms with van der Waals surface area (Å²) in [5.41, 5.74) is 0. The van der Waals surface area contributed by atoms with Crippen LogP contribution in [0.15, 0.2) is 12.5 Å². The Morgan fingerprint density at radius 2 is 1.67 bits per heavy atom. The number of ether oxygens (including phenoxy) is 1. The van der Waals surface area contributed by atoms with E-state index < -0.39 is 0 Å². The molecule has 0 saturated carbocycles. The van der Waals surface area contributed by atoms with Crippen molar-refractivity contribution < 1.29 is 26.2 Å². The van der Waals surface area contributed by atoms with Crippen LogP contribution < -0.4 is 17.0 Å². The van der Waals surface area contributed by atoms with Gasteiger partial charge in [-0.05, 0) is 0 Å². The highest BCUT2D eigenvalue weighted by molar-refractivity contribution is 4.58. The molecule has 0 radical (unpaired) electrons.